The van der Waals surface area contributed by atoms with Gasteiger partial charge in [-0.25, -0.2) is 0 Å². The summed E-state index contributed by atoms with van der Waals surface area (Å²) in [5.74, 6) is 1.22. The standard InChI is InChI=1S/C14H30N2S/c1-5-6-7-8-16(12(2)3)14(10-15)9-13(4)17-11-14/h12-13H,5-11,15H2,1-4H3. The van der Waals surface area contributed by atoms with Crippen LogP contribution in [0.2, 0.25) is 0 Å². The minimum absolute atomic E-state index is 0.270. The summed E-state index contributed by atoms with van der Waals surface area (Å²) < 4.78 is 0. The maximum atomic E-state index is 6.12. The lowest BCUT2D eigenvalue weighted by Gasteiger charge is -2.43. The van der Waals surface area contributed by atoms with E-state index in [0.717, 1.165) is 11.8 Å². The van der Waals surface area contributed by atoms with E-state index in [9.17, 15) is 0 Å². The van der Waals surface area contributed by atoms with Crippen LogP contribution in [0.15, 0.2) is 0 Å². The summed E-state index contributed by atoms with van der Waals surface area (Å²) in [6, 6.07) is 0.612. The second-order valence-electron chi connectivity index (χ2n) is 5.75. The first-order valence-electron chi connectivity index (χ1n) is 7.14. The van der Waals surface area contributed by atoms with Crippen LogP contribution in [0, 0.1) is 0 Å². The van der Waals surface area contributed by atoms with Gasteiger partial charge in [0, 0.05) is 29.1 Å². The van der Waals surface area contributed by atoms with E-state index >= 15 is 0 Å². The minimum atomic E-state index is 0.270. The first-order chi connectivity index (χ1) is 8.05. The van der Waals surface area contributed by atoms with Crippen molar-refractivity contribution < 1.29 is 0 Å². The number of nitrogens with two attached hydrogens (primary N) is 1. The third-order valence-electron chi connectivity index (χ3n) is 3.92. The Morgan fingerprint density at radius 2 is 2.12 bits per heavy atom. The van der Waals surface area contributed by atoms with Gasteiger partial charge in [0.15, 0.2) is 0 Å². The maximum Gasteiger partial charge on any atom is 0.0435 e. The fourth-order valence-corrected chi connectivity index (χ4v) is 4.41. The van der Waals surface area contributed by atoms with Gasteiger partial charge in [0.05, 0.1) is 0 Å². The van der Waals surface area contributed by atoms with Crippen molar-refractivity contribution in [1.29, 1.82) is 0 Å². The third kappa shape index (κ3) is 3.87. The van der Waals surface area contributed by atoms with Crippen LogP contribution in [-0.4, -0.2) is 40.6 Å². The Kier molecular flexibility index (Phi) is 6.32. The Morgan fingerprint density at radius 3 is 2.53 bits per heavy atom. The second kappa shape index (κ2) is 7.01. The predicted octanol–water partition coefficient (Wildman–Crippen LogP) is 3.11. The fourth-order valence-electron chi connectivity index (χ4n) is 2.99. The topological polar surface area (TPSA) is 29.3 Å². The Balaban J connectivity index is 2.66. The van der Waals surface area contributed by atoms with E-state index in [4.69, 9.17) is 5.73 Å². The van der Waals surface area contributed by atoms with Crippen LogP contribution in [0.1, 0.15) is 53.4 Å². The molecule has 1 rings (SSSR count). The van der Waals surface area contributed by atoms with Gasteiger partial charge in [-0.3, -0.25) is 4.90 Å². The zero-order valence-corrected chi connectivity index (χ0v) is 12.9. The van der Waals surface area contributed by atoms with Crippen LogP contribution in [-0.2, 0) is 0 Å². The van der Waals surface area contributed by atoms with Crippen LogP contribution in [0.5, 0.6) is 0 Å². The summed E-state index contributed by atoms with van der Waals surface area (Å²) in [7, 11) is 0. The van der Waals surface area contributed by atoms with Gasteiger partial charge >= 0.3 is 0 Å². The molecule has 1 aliphatic rings. The first kappa shape index (κ1) is 15.3. The molecule has 0 bridgehead atoms. The molecule has 1 aliphatic heterocycles. The number of unbranched alkanes of at least 4 members (excludes halogenated alkanes) is 2. The Bertz CT molecular complexity index is 220. The lowest BCUT2D eigenvalue weighted by molar-refractivity contribution is 0.0761. The summed E-state index contributed by atoms with van der Waals surface area (Å²) >= 11 is 2.09. The van der Waals surface area contributed by atoms with E-state index in [1.165, 1.54) is 38.0 Å². The number of hydrogen-bond acceptors (Lipinski definition) is 3. The van der Waals surface area contributed by atoms with Gasteiger partial charge in [-0.15, -0.1) is 0 Å². The Morgan fingerprint density at radius 1 is 1.41 bits per heavy atom. The van der Waals surface area contributed by atoms with Gasteiger partial charge in [-0.1, -0.05) is 26.7 Å². The molecule has 102 valence electrons. The van der Waals surface area contributed by atoms with Gasteiger partial charge < -0.3 is 5.73 Å². The molecule has 0 aromatic heterocycles. The molecular formula is C14H30N2S. The van der Waals surface area contributed by atoms with E-state index in [1.54, 1.807) is 0 Å². The van der Waals surface area contributed by atoms with Gasteiger partial charge in [0.1, 0.15) is 0 Å². The molecule has 2 unspecified atom stereocenters. The van der Waals surface area contributed by atoms with Gasteiger partial charge in [-0.05, 0) is 33.2 Å². The molecule has 0 saturated carbocycles. The van der Waals surface area contributed by atoms with Gasteiger partial charge in [-0.2, -0.15) is 11.8 Å². The summed E-state index contributed by atoms with van der Waals surface area (Å²) in [5.41, 5.74) is 6.39. The first-order valence-corrected chi connectivity index (χ1v) is 8.19. The van der Waals surface area contributed by atoms with Crippen molar-refractivity contribution in [3.8, 4) is 0 Å². The molecule has 3 heteroatoms. The highest BCUT2D eigenvalue weighted by Gasteiger charge is 2.42. The van der Waals surface area contributed by atoms with Gasteiger partial charge in [0.2, 0.25) is 0 Å². The van der Waals surface area contributed by atoms with Crippen molar-refractivity contribution in [2.24, 2.45) is 5.73 Å². The quantitative estimate of drug-likeness (QED) is 0.712. The smallest absolute Gasteiger partial charge is 0.0435 e. The number of thioether (sulfide) groups is 1. The molecule has 1 saturated heterocycles. The van der Waals surface area contributed by atoms with E-state index < -0.39 is 0 Å². The van der Waals surface area contributed by atoms with Gasteiger partial charge in [0.25, 0.3) is 0 Å². The van der Waals surface area contributed by atoms with Crippen LogP contribution < -0.4 is 5.73 Å². The van der Waals surface area contributed by atoms with Crippen molar-refractivity contribution in [3.05, 3.63) is 0 Å². The number of hydrogen-bond donors (Lipinski definition) is 1. The summed E-state index contributed by atoms with van der Waals surface area (Å²) in [5, 5.41) is 0.769. The molecule has 0 aromatic carbocycles. The highest BCUT2D eigenvalue weighted by molar-refractivity contribution is 8.00. The van der Waals surface area contributed by atoms with Crippen LogP contribution >= 0.6 is 11.8 Å². The lowest BCUT2D eigenvalue weighted by atomic mass is 9.92. The molecule has 0 aliphatic carbocycles. The van der Waals surface area contributed by atoms with Crippen molar-refractivity contribution >= 4 is 11.8 Å². The van der Waals surface area contributed by atoms with Crippen molar-refractivity contribution in [2.45, 2.75) is 70.2 Å². The monoisotopic (exact) mass is 258 g/mol. The molecule has 1 fully saturated rings. The van der Waals surface area contributed by atoms with E-state index in [1.807, 2.05) is 0 Å². The van der Waals surface area contributed by atoms with E-state index in [0.29, 0.717) is 6.04 Å². The Hall–Kier alpha value is 0.270. The molecule has 2 nitrogen and oxygen atoms in total. The minimum Gasteiger partial charge on any atom is -0.329 e. The molecule has 0 spiro atoms. The lowest BCUT2D eigenvalue weighted by Crippen LogP contribution is -2.57. The van der Waals surface area contributed by atoms with E-state index in [2.05, 4.69) is 44.4 Å². The van der Waals surface area contributed by atoms with Crippen LogP contribution in [0.4, 0.5) is 0 Å². The zero-order valence-electron chi connectivity index (χ0n) is 12.0. The normalized spacial score (nSPS) is 29.5. The maximum absolute atomic E-state index is 6.12. The highest BCUT2D eigenvalue weighted by Crippen LogP contribution is 2.39. The Labute approximate surface area is 112 Å². The summed E-state index contributed by atoms with van der Waals surface area (Å²) in [6.45, 7) is 11.3. The van der Waals surface area contributed by atoms with Crippen molar-refractivity contribution in [3.63, 3.8) is 0 Å². The average molecular weight is 258 g/mol. The molecule has 17 heavy (non-hydrogen) atoms. The molecule has 1 heterocycles. The molecule has 2 atom stereocenters. The predicted molar refractivity (Wildman–Crippen MR) is 79.7 cm³/mol. The van der Waals surface area contributed by atoms with Crippen molar-refractivity contribution in [1.82, 2.24) is 4.90 Å². The third-order valence-corrected chi connectivity index (χ3v) is 5.36. The second-order valence-corrected chi connectivity index (χ2v) is 7.18. The molecular weight excluding hydrogens is 228 g/mol. The SMILES string of the molecule is CCCCCN(C(C)C)C1(CN)CSC(C)C1. The number of nitrogens with zero attached hydrogens (tertiary/aromatic N) is 1. The average Bonchev–Trinajstić information content (AvgIpc) is 2.67. The number of rotatable bonds is 7. The molecule has 0 radical (unpaired) electrons. The molecule has 0 amide bonds. The van der Waals surface area contributed by atoms with Crippen molar-refractivity contribution in [2.75, 3.05) is 18.8 Å². The fraction of sp³-hybridized carbons (Fsp3) is 1.00. The molecule has 0 aromatic rings. The van der Waals surface area contributed by atoms with E-state index in [-0.39, 0.29) is 5.54 Å². The molecule has 2 N–H and O–H groups in total. The summed E-state index contributed by atoms with van der Waals surface area (Å²) in [6.07, 6.45) is 5.22. The summed E-state index contributed by atoms with van der Waals surface area (Å²) in [4.78, 5) is 2.68. The zero-order chi connectivity index (χ0) is 12.9. The van der Waals surface area contributed by atoms with Crippen LogP contribution in [0.25, 0.3) is 0 Å². The van der Waals surface area contributed by atoms with Crippen LogP contribution in [0.3, 0.4) is 0 Å². The highest BCUT2D eigenvalue weighted by atomic mass is 32.2. The largest absolute Gasteiger partial charge is 0.329 e.